The molecule has 2 aromatic carbocycles. The quantitative estimate of drug-likeness (QED) is 0.807. The normalized spacial score (nSPS) is 12.4. The Morgan fingerprint density at radius 2 is 1.81 bits per heavy atom. The molecule has 5 heteroatoms. The number of halogens is 3. The largest absolute Gasteiger partial charge is 0.435 e. The summed E-state index contributed by atoms with van der Waals surface area (Å²) in [6.45, 7) is -0.0445. The van der Waals surface area contributed by atoms with Gasteiger partial charge in [0.25, 0.3) is 0 Å². The number of rotatable bonds is 6. The Labute approximate surface area is 131 Å². The number of alkyl halides is 2. The van der Waals surface area contributed by atoms with Crippen molar-refractivity contribution >= 4 is 15.9 Å². The minimum absolute atomic E-state index is 0.0654. The first-order valence-electron chi connectivity index (χ1n) is 6.63. The Balaban J connectivity index is 2.31. The fourth-order valence-electron chi connectivity index (χ4n) is 2.16. The Hall–Kier alpha value is -1.46. The monoisotopic (exact) mass is 355 g/mol. The second kappa shape index (κ2) is 7.52. The van der Waals surface area contributed by atoms with Gasteiger partial charge in [-0.3, -0.25) is 0 Å². The highest BCUT2D eigenvalue weighted by Gasteiger charge is 2.14. The lowest BCUT2D eigenvalue weighted by atomic mass is 9.98. The van der Waals surface area contributed by atoms with Crippen LogP contribution < -0.4 is 10.1 Å². The zero-order valence-electron chi connectivity index (χ0n) is 11.5. The molecule has 0 bridgehead atoms. The molecule has 0 amide bonds. The predicted octanol–water partition coefficient (Wildman–Crippen LogP) is 4.75. The average molecular weight is 356 g/mol. The topological polar surface area (TPSA) is 21.3 Å². The summed E-state index contributed by atoms with van der Waals surface area (Å²) in [5.41, 5.74) is 1.95. The number of hydrogen-bond donors (Lipinski definition) is 1. The van der Waals surface area contributed by atoms with Crippen LogP contribution in [0.2, 0.25) is 0 Å². The molecule has 0 radical (unpaired) electrons. The fraction of sp³-hybridized carbons (Fsp3) is 0.250. The zero-order valence-corrected chi connectivity index (χ0v) is 13.1. The highest BCUT2D eigenvalue weighted by molar-refractivity contribution is 9.10. The van der Waals surface area contributed by atoms with E-state index in [0.717, 1.165) is 22.1 Å². The van der Waals surface area contributed by atoms with Crippen molar-refractivity contribution in [1.82, 2.24) is 5.32 Å². The molecule has 0 spiro atoms. The van der Waals surface area contributed by atoms with Gasteiger partial charge in [0.2, 0.25) is 0 Å². The molecule has 0 saturated heterocycles. The van der Waals surface area contributed by atoms with Gasteiger partial charge in [-0.15, -0.1) is 0 Å². The van der Waals surface area contributed by atoms with Crippen LogP contribution in [0.15, 0.2) is 53.0 Å². The molecular formula is C16H16BrF2NO. The molecule has 1 N–H and O–H groups in total. The van der Waals surface area contributed by atoms with Crippen LogP contribution in [0.4, 0.5) is 8.78 Å². The summed E-state index contributed by atoms with van der Waals surface area (Å²) in [4.78, 5) is 0. The van der Waals surface area contributed by atoms with Gasteiger partial charge in [0, 0.05) is 4.47 Å². The van der Waals surface area contributed by atoms with E-state index in [1.54, 1.807) is 12.1 Å². The molecule has 0 aliphatic rings. The minimum Gasteiger partial charge on any atom is -0.435 e. The first-order chi connectivity index (χ1) is 10.1. The average Bonchev–Trinajstić information content (AvgIpc) is 2.45. The third-order valence-corrected chi connectivity index (χ3v) is 3.56. The van der Waals surface area contributed by atoms with Crippen molar-refractivity contribution in [2.75, 3.05) is 6.54 Å². The number of ether oxygens (including phenoxy) is 1. The molecule has 0 fully saturated rings. The number of benzene rings is 2. The zero-order chi connectivity index (χ0) is 15.2. The highest BCUT2D eigenvalue weighted by Crippen LogP contribution is 2.27. The van der Waals surface area contributed by atoms with Crippen LogP contribution in [0.1, 0.15) is 24.1 Å². The summed E-state index contributed by atoms with van der Waals surface area (Å²) in [7, 11) is 0. The molecule has 2 rings (SSSR count). The maximum Gasteiger partial charge on any atom is 0.387 e. The van der Waals surface area contributed by atoms with Crippen molar-refractivity contribution < 1.29 is 13.5 Å². The number of nitrogens with one attached hydrogen (secondary N) is 1. The standard InChI is InChI=1S/C16H16BrF2NO/c1-2-20-15(11-6-8-13(17)9-7-11)12-4-3-5-14(10-12)21-16(18)19/h3-10,15-16,20H,2H2,1H3. The first-order valence-corrected chi connectivity index (χ1v) is 7.43. The first kappa shape index (κ1) is 15.9. The van der Waals surface area contributed by atoms with Crippen molar-refractivity contribution in [3.8, 4) is 5.75 Å². The Morgan fingerprint density at radius 1 is 1.10 bits per heavy atom. The lowest BCUT2D eigenvalue weighted by Gasteiger charge is -2.20. The summed E-state index contributed by atoms with van der Waals surface area (Å²) in [6, 6.07) is 14.6. The molecular weight excluding hydrogens is 340 g/mol. The smallest absolute Gasteiger partial charge is 0.387 e. The van der Waals surface area contributed by atoms with Crippen molar-refractivity contribution in [3.63, 3.8) is 0 Å². The maximum absolute atomic E-state index is 12.3. The minimum atomic E-state index is -2.81. The van der Waals surface area contributed by atoms with Gasteiger partial charge in [0.15, 0.2) is 0 Å². The second-order valence-corrected chi connectivity index (χ2v) is 5.41. The Kier molecular flexibility index (Phi) is 5.70. The van der Waals surface area contributed by atoms with Gasteiger partial charge in [-0.2, -0.15) is 8.78 Å². The van der Waals surface area contributed by atoms with Crippen LogP contribution in [0.5, 0.6) is 5.75 Å². The lowest BCUT2D eigenvalue weighted by Crippen LogP contribution is -2.22. The Bertz CT molecular complexity index is 575. The van der Waals surface area contributed by atoms with Crippen LogP contribution >= 0.6 is 15.9 Å². The van der Waals surface area contributed by atoms with E-state index < -0.39 is 6.61 Å². The Morgan fingerprint density at radius 3 is 2.43 bits per heavy atom. The van der Waals surface area contributed by atoms with E-state index >= 15 is 0 Å². The second-order valence-electron chi connectivity index (χ2n) is 4.49. The molecule has 0 aliphatic heterocycles. The molecule has 21 heavy (non-hydrogen) atoms. The third kappa shape index (κ3) is 4.51. The van der Waals surface area contributed by atoms with Crippen molar-refractivity contribution in [3.05, 3.63) is 64.1 Å². The van der Waals surface area contributed by atoms with E-state index in [1.807, 2.05) is 37.3 Å². The lowest BCUT2D eigenvalue weighted by molar-refractivity contribution is -0.0498. The van der Waals surface area contributed by atoms with E-state index in [-0.39, 0.29) is 11.8 Å². The molecule has 0 saturated carbocycles. The predicted molar refractivity (Wildman–Crippen MR) is 82.7 cm³/mol. The van der Waals surface area contributed by atoms with Gasteiger partial charge in [-0.1, -0.05) is 47.1 Å². The number of hydrogen-bond acceptors (Lipinski definition) is 2. The third-order valence-electron chi connectivity index (χ3n) is 3.03. The van der Waals surface area contributed by atoms with Crippen LogP contribution in [0.3, 0.4) is 0 Å². The van der Waals surface area contributed by atoms with E-state index in [1.165, 1.54) is 6.07 Å². The summed E-state index contributed by atoms with van der Waals surface area (Å²) >= 11 is 3.40. The van der Waals surface area contributed by atoms with Crippen molar-refractivity contribution in [2.45, 2.75) is 19.6 Å². The van der Waals surface area contributed by atoms with E-state index in [2.05, 4.69) is 26.0 Å². The van der Waals surface area contributed by atoms with Crippen molar-refractivity contribution in [1.29, 1.82) is 0 Å². The van der Waals surface area contributed by atoms with Crippen molar-refractivity contribution in [2.24, 2.45) is 0 Å². The summed E-state index contributed by atoms with van der Waals surface area (Å²) in [5, 5.41) is 3.36. The molecule has 0 aliphatic carbocycles. The highest BCUT2D eigenvalue weighted by atomic mass is 79.9. The van der Waals surface area contributed by atoms with E-state index in [0.29, 0.717) is 0 Å². The van der Waals surface area contributed by atoms with Crippen LogP contribution in [-0.4, -0.2) is 13.2 Å². The van der Waals surface area contributed by atoms with Gasteiger partial charge < -0.3 is 10.1 Å². The van der Waals surface area contributed by atoms with Crippen LogP contribution in [0.25, 0.3) is 0 Å². The molecule has 112 valence electrons. The van der Waals surface area contributed by atoms with Crippen LogP contribution in [-0.2, 0) is 0 Å². The van der Waals surface area contributed by atoms with Crippen LogP contribution in [0, 0.1) is 0 Å². The fourth-order valence-corrected chi connectivity index (χ4v) is 2.42. The SMILES string of the molecule is CCNC(c1ccc(Br)cc1)c1cccc(OC(F)F)c1. The van der Waals surface area contributed by atoms with E-state index in [4.69, 9.17) is 0 Å². The molecule has 1 atom stereocenters. The van der Waals surface area contributed by atoms with Gasteiger partial charge >= 0.3 is 6.61 Å². The molecule has 1 unspecified atom stereocenters. The summed E-state index contributed by atoms with van der Waals surface area (Å²) in [6.07, 6.45) is 0. The van der Waals surface area contributed by atoms with Gasteiger partial charge in [0.1, 0.15) is 5.75 Å². The molecule has 2 aromatic rings. The maximum atomic E-state index is 12.3. The van der Waals surface area contributed by atoms with Gasteiger partial charge in [-0.05, 0) is 41.9 Å². The molecule has 0 aromatic heterocycles. The van der Waals surface area contributed by atoms with Gasteiger partial charge in [0.05, 0.1) is 6.04 Å². The molecule has 0 heterocycles. The summed E-state index contributed by atoms with van der Waals surface area (Å²) < 4.78 is 30.1. The molecule has 2 nitrogen and oxygen atoms in total. The van der Waals surface area contributed by atoms with E-state index in [9.17, 15) is 8.78 Å². The summed E-state index contributed by atoms with van der Waals surface area (Å²) in [5.74, 6) is 0.169. The van der Waals surface area contributed by atoms with Gasteiger partial charge in [-0.25, -0.2) is 0 Å².